The van der Waals surface area contributed by atoms with Crippen molar-refractivity contribution in [1.29, 1.82) is 5.26 Å². The predicted octanol–water partition coefficient (Wildman–Crippen LogP) is 2.01. The van der Waals surface area contributed by atoms with Gasteiger partial charge in [0.1, 0.15) is 5.70 Å². The fourth-order valence-corrected chi connectivity index (χ4v) is 2.92. The molecule has 0 atom stereocenters. The Morgan fingerprint density at radius 1 is 1.48 bits per heavy atom. The van der Waals surface area contributed by atoms with E-state index in [1.54, 1.807) is 0 Å². The minimum absolute atomic E-state index is 0.0627. The topological polar surface area (TPSA) is 103 Å². The van der Waals surface area contributed by atoms with E-state index < -0.39 is 29.2 Å². The maximum absolute atomic E-state index is 13.2. The minimum Gasteiger partial charge on any atom is -0.466 e. The molecule has 1 aromatic rings. The fourth-order valence-electron chi connectivity index (χ4n) is 2.48. The van der Waals surface area contributed by atoms with Gasteiger partial charge in [-0.1, -0.05) is 0 Å². The van der Waals surface area contributed by atoms with Gasteiger partial charge in [-0.15, -0.1) is 0 Å². The van der Waals surface area contributed by atoms with E-state index in [2.05, 4.69) is 26.0 Å². The van der Waals surface area contributed by atoms with Crippen molar-refractivity contribution in [2.24, 2.45) is 0 Å². The van der Waals surface area contributed by atoms with Crippen LogP contribution in [0.5, 0.6) is 0 Å². The number of anilines is 1. The van der Waals surface area contributed by atoms with Crippen LogP contribution in [0.3, 0.4) is 0 Å². The monoisotopic (exact) mass is 447 g/mol. The van der Waals surface area contributed by atoms with Crippen LogP contribution in [-0.4, -0.2) is 48.7 Å². The molecule has 1 amide bonds. The molecular weight excluding hydrogens is 435 g/mol. The highest BCUT2D eigenvalue weighted by Crippen LogP contribution is 2.38. The number of halogens is 4. The quantitative estimate of drug-likeness (QED) is 0.669. The molecule has 2 N–H and O–H groups in total. The summed E-state index contributed by atoms with van der Waals surface area (Å²) in [5.74, 6) is -1.50. The molecule has 0 aromatic heterocycles. The summed E-state index contributed by atoms with van der Waals surface area (Å²) < 4.78 is 44.2. The second-order valence-electron chi connectivity index (χ2n) is 5.41. The number of alkyl halides is 3. The standard InChI is InChI=1S/C16H13BrF3N3O4/c1-27-15(26)9-7-23(2-3-24)14(25)13(9)22-12-5-10(16(18,19)20)8(6-21)4-11(12)17/h4-5,22,24H,2-3,7H2,1H3. The number of β-amino-alcohol motifs (C(OH)–C–C–N with tert-alkyl or cyclic N) is 1. The number of nitrogens with zero attached hydrogens (tertiary/aromatic N) is 2. The summed E-state index contributed by atoms with van der Waals surface area (Å²) in [5, 5.41) is 20.5. The molecule has 0 bridgehead atoms. The first-order valence-electron chi connectivity index (χ1n) is 7.43. The van der Waals surface area contributed by atoms with Gasteiger partial charge in [0.25, 0.3) is 5.91 Å². The van der Waals surface area contributed by atoms with Crippen LogP contribution in [0, 0.1) is 11.3 Å². The summed E-state index contributed by atoms with van der Waals surface area (Å²) >= 11 is 3.05. The van der Waals surface area contributed by atoms with Crippen LogP contribution in [0.15, 0.2) is 27.9 Å². The Labute approximate surface area is 160 Å². The van der Waals surface area contributed by atoms with Crippen molar-refractivity contribution in [2.75, 3.05) is 32.1 Å². The Bertz CT molecular complexity index is 862. The van der Waals surface area contributed by atoms with Gasteiger partial charge in [0.05, 0.1) is 48.7 Å². The zero-order chi connectivity index (χ0) is 20.4. The number of ether oxygens (including phenoxy) is 1. The van der Waals surface area contributed by atoms with E-state index in [-0.39, 0.29) is 41.1 Å². The van der Waals surface area contributed by atoms with Crippen LogP contribution < -0.4 is 5.32 Å². The van der Waals surface area contributed by atoms with Crippen molar-refractivity contribution in [1.82, 2.24) is 4.90 Å². The van der Waals surface area contributed by atoms with Crippen molar-refractivity contribution in [3.8, 4) is 6.07 Å². The number of aliphatic hydroxyl groups is 1. The molecular formula is C16H13BrF3N3O4. The number of carbonyl (C=O) groups is 2. The highest BCUT2D eigenvalue weighted by Gasteiger charge is 2.37. The van der Waals surface area contributed by atoms with E-state index in [4.69, 9.17) is 10.4 Å². The lowest BCUT2D eigenvalue weighted by Crippen LogP contribution is -2.31. The van der Waals surface area contributed by atoms with E-state index >= 15 is 0 Å². The molecule has 0 fully saturated rings. The van der Waals surface area contributed by atoms with E-state index in [1.165, 1.54) is 6.07 Å². The summed E-state index contributed by atoms with van der Waals surface area (Å²) in [6.45, 7) is -0.576. The van der Waals surface area contributed by atoms with Crippen LogP contribution in [-0.2, 0) is 20.5 Å². The lowest BCUT2D eigenvalue weighted by molar-refractivity contribution is -0.138. The third-order valence-corrected chi connectivity index (χ3v) is 4.40. The lowest BCUT2D eigenvalue weighted by Gasteiger charge is -2.16. The van der Waals surface area contributed by atoms with Gasteiger partial charge in [-0.25, -0.2) is 4.79 Å². The fraction of sp³-hybridized carbons (Fsp3) is 0.312. The Morgan fingerprint density at radius 3 is 2.67 bits per heavy atom. The summed E-state index contributed by atoms with van der Waals surface area (Å²) in [6.07, 6.45) is -4.79. The van der Waals surface area contributed by atoms with E-state index in [9.17, 15) is 22.8 Å². The summed E-state index contributed by atoms with van der Waals surface area (Å²) in [4.78, 5) is 25.5. The predicted molar refractivity (Wildman–Crippen MR) is 90.2 cm³/mol. The number of hydrogen-bond acceptors (Lipinski definition) is 6. The Morgan fingerprint density at radius 2 is 2.15 bits per heavy atom. The molecule has 0 spiro atoms. The average molecular weight is 448 g/mol. The van der Waals surface area contributed by atoms with Crippen LogP contribution in [0.2, 0.25) is 0 Å². The normalized spacial score (nSPS) is 14.4. The van der Waals surface area contributed by atoms with Crippen molar-refractivity contribution < 1.29 is 32.6 Å². The van der Waals surface area contributed by atoms with Crippen LogP contribution in [0.1, 0.15) is 11.1 Å². The molecule has 144 valence electrons. The molecule has 1 aliphatic rings. The van der Waals surface area contributed by atoms with Gasteiger partial charge in [0.15, 0.2) is 0 Å². The average Bonchev–Trinajstić information content (AvgIpc) is 2.91. The molecule has 27 heavy (non-hydrogen) atoms. The van der Waals surface area contributed by atoms with Crippen molar-refractivity contribution in [2.45, 2.75) is 6.18 Å². The van der Waals surface area contributed by atoms with Gasteiger partial charge in [0, 0.05) is 11.0 Å². The number of carbonyl (C=O) groups excluding carboxylic acids is 2. The van der Waals surface area contributed by atoms with Crippen molar-refractivity contribution in [3.63, 3.8) is 0 Å². The molecule has 7 nitrogen and oxygen atoms in total. The highest BCUT2D eigenvalue weighted by molar-refractivity contribution is 9.10. The number of rotatable bonds is 5. The zero-order valence-electron chi connectivity index (χ0n) is 13.9. The molecule has 0 saturated heterocycles. The largest absolute Gasteiger partial charge is 0.466 e. The number of esters is 1. The Kier molecular flexibility index (Phi) is 6.12. The second kappa shape index (κ2) is 7.98. The Balaban J connectivity index is 2.51. The van der Waals surface area contributed by atoms with Crippen LogP contribution in [0.25, 0.3) is 0 Å². The molecule has 1 aliphatic heterocycles. The molecule has 0 saturated carbocycles. The first kappa shape index (κ1) is 20.7. The maximum atomic E-state index is 13.2. The number of amides is 1. The minimum atomic E-state index is -4.79. The number of nitriles is 1. The summed E-state index contributed by atoms with van der Waals surface area (Å²) in [5.41, 5.74) is -2.28. The SMILES string of the molecule is COC(=O)C1=C(Nc2cc(C(F)(F)F)c(C#N)cc2Br)C(=O)N(CCO)C1. The molecule has 1 heterocycles. The third-order valence-electron chi connectivity index (χ3n) is 3.75. The smallest absolute Gasteiger partial charge is 0.417 e. The first-order chi connectivity index (χ1) is 12.6. The van der Waals surface area contributed by atoms with Crippen molar-refractivity contribution in [3.05, 3.63) is 39.0 Å². The molecule has 0 unspecified atom stereocenters. The van der Waals surface area contributed by atoms with Crippen LogP contribution in [0.4, 0.5) is 18.9 Å². The highest BCUT2D eigenvalue weighted by atomic mass is 79.9. The molecule has 2 rings (SSSR count). The van der Waals surface area contributed by atoms with Gasteiger partial charge < -0.3 is 20.1 Å². The van der Waals surface area contributed by atoms with Gasteiger partial charge in [-0.2, -0.15) is 18.4 Å². The van der Waals surface area contributed by atoms with E-state index in [1.807, 2.05) is 0 Å². The van der Waals surface area contributed by atoms with Gasteiger partial charge >= 0.3 is 12.1 Å². The van der Waals surface area contributed by atoms with Crippen molar-refractivity contribution >= 4 is 33.5 Å². The summed E-state index contributed by atoms with van der Waals surface area (Å²) in [7, 11) is 1.10. The number of aliphatic hydroxyl groups excluding tert-OH is 1. The number of hydrogen-bond donors (Lipinski definition) is 2. The zero-order valence-corrected chi connectivity index (χ0v) is 15.4. The maximum Gasteiger partial charge on any atom is 0.417 e. The molecule has 1 aromatic carbocycles. The van der Waals surface area contributed by atoms with E-state index in [0.717, 1.165) is 18.1 Å². The molecule has 0 aliphatic carbocycles. The van der Waals surface area contributed by atoms with Crippen LogP contribution >= 0.6 is 15.9 Å². The Hall–Kier alpha value is -2.58. The number of nitrogens with one attached hydrogen (secondary N) is 1. The number of methoxy groups -OCH3 is 1. The first-order valence-corrected chi connectivity index (χ1v) is 8.22. The van der Waals surface area contributed by atoms with Gasteiger partial charge in [0.2, 0.25) is 0 Å². The third kappa shape index (κ3) is 4.23. The lowest BCUT2D eigenvalue weighted by atomic mass is 10.1. The van der Waals surface area contributed by atoms with Gasteiger partial charge in [-0.3, -0.25) is 4.79 Å². The number of benzene rings is 1. The van der Waals surface area contributed by atoms with Gasteiger partial charge in [-0.05, 0) is 28.1 Å². The summed E-state index contributed by atoms with van der Waals surface area (Å²) in [6, 6.07) is 3.11. The van der Waals surface area contributed by atoms with E-state index in [0.29, 0.717) is 6.07 Å². The second-order valence-corrected chi connectivity index (χ2v) is 6.26. The molecule has 11 heteroatoms. The molecule has 0 radical (unpaired) electrons.